The number of hydroxylamine groups is 2. The van der Waals surface area contributed by atoms with Crippen molar-refractivity contribution in [3.8, 4) is 0 Å². The van der Waals surface area contributed by atoms with Crippen LogP contribution in [0.2, 0.25) is 17.8 Å². The van der Waals surface area contributed by atoms with Crippen LogP contribution in [0.25, 0.3) is 0 Å². The molecule has 0 aliphatic rings. The van der Waals surface area contributed by atoms with Crippen LogP contribution in [-0.4, -0.2) is 91.2 Å². The summed E-state index contributed by atoms with van der Waals surface area (Å²) in [5.74, 6) is -0.470. The van der Waals surface area contributed by atoms with Gasteiger partial charge in [0.2, 0.25) is 0 Å². The second-order valence-electron chi connectivity index (χ2n) is 11.6. The van der Waals surface area contributed by atoms with Gasteiger partial charge in [-0.15, -0.1) is 0 Å². The number of amides is 2. The van der Waals surface area contributed by atoms with Gasteiger partial charge in [-0.1, -0.05) is 46.8 Å². The molecule has 0 heterocycles. The van der Waals surface area contributed by atoms with Crippen LogP contribution in [0.4, 0.5) is 4.79 Å². The Morgan fingerprint density at radius 2 is 1.64 bits per heavy atom. The van der Waals surface area contributed by atoms with Crippen molar-refractivity contribution in [1.82, 2.24) is 9.96 Å². The summed E-state index contributed by atoms with van der Waals surface area (Å²) in [4.78, 5) is 30.7. The standard InChI is InChI=1S/C23H48N2O6Si2/c1-17(13-14-30-22(5,6)21(2,3)4)18(16-31-33(11,12)23(7,8)32)25(20(27)28)15-19(26)24(9)29-10/h18H,1,13-16H2,2-12,32H3,(H,27,28). The molecule has 0 bridgehead atoms. The summed E-state index contributed by atoms with van der Waals surface area (Å²) in [6.45, 7) is 23.5. The number of likely N-dealkylation sites (N-methyl/N-ethyl adjacent to an activating group) is 1. The minimum absolute atomic E-state index is 0.0622. The van der Waals surface area contributed by atoms with E-state index in [1.807, 2.05) is 13.8 Å². The molecule has 1 unspecified atom stereocenters. The molecule has 0 saturated heterocycles. The molecule has 0 aromatic heterocycles. The highest BCUT2D eigenvalue weighted by Crippen LogP contribution is 2.35. The molecule has 0 aromatic rings. The minimum atomic E-state index is -2.10. The van der Waals surface area contributed by atoms with Crippen molar-refractivity contribution < 1.29 is 28.7 Å². The van der Waals surface area contributed by atoms with E-state index in [0.717, 1.165) is 20.2 Å². The molecule has 0 fully saturated rings. The van der Waals surface area contributed by atoms with Crippen molar-refractivity contribution in [3.63, 3.8) is 0 Å². The average Bonchev–Trinajstić information content (AvgIpc) is 2.64. The quantitative estimate of drug-likeness (QED) is 0.235. The average molecular weight is 505 g/mol. The number of hydrogen-bond acceptors (Lipinski definition) is 5. The highest BCUT2D eigenvalue weighted by molar-refractivity contribution is 6.80. The minimum Gasteiger partial charge on any atom is -0.465 e. The Kier molecular flexibility index (Phi) is 11.5. The SMILES string of the molecule is C=C(CCOC(C)(C)C(C)(C)C)C(CO[Si](C)(C)C(C)(C)[SiH3])N(CC(=O)N(C)OC)C(=O)O. The number of rotatable bonds is 13. The topological polar surface area (TPSA) is 88.5 Å². The number of carbonyl (C=O) groups is 2. The van der Waals surface area contributed by atoms with Crippen molar-refractivity contribution in [3.05, 3.63) is 12.2 Å². The molecule has 1 atom stereocenters. The Bertz CT molecular complexity index is 683. The lowest BCUT2D eigenvalue weighted by molar-refractivity contribution is -0.169. The Balaban J connectivity index is 5.72. The fraction of sp³-hybridized carbons (Fsp3) is 0.826. The number of carbonyl (C=O) groups excluding carboxylic acids is 1. The van der Waals surface area contributed by atoms with Gasteiger partial charge in [-0.05, 0) is 43.4 Å². The van der Waals surface area contributed by atoms with E-state index in [1.165, 1.54) is 14.2 Å². The van der Waals surface area contributed by atoms with E-state index < -0.39 is 26.4 Å². The second kappa shape index (κ2) is 12.0. The summed E-state index contributed by atoms with van der Waals surface area (Å²) in [5.41, 5.74) is 0.230. The lowest BCUT2D eigenvalue weighted by Crippen LogP contribution is -2.51. The molecule has 33 heavy (non-hydrogen) atoms. The lowest BCUT2D eigenvalue weighted by Gasteiger charge is -2.40. The fourth-order valence-electron chi connectivity index (χ4n) is 2.41. The first-order chi connectivity index (χ1) is 14.7. The zero-order valence-electron chi connectivity index (χ0n) is 23.0. The van der Waals surface area contributed by atoms with Gasteiger partial charge in [0.15, 0.2) is 8.32 Å². The summed E-state index contributed by atoms with van der Waals surface area (Å²) < 4.78 is 12.6. The number of hydrogen-bond donors (Lipinski definition) is 1. The maximum atomic E-state index is 12.4. The van der Waals surface area contributed by atoms with E-state index >= 15 is 0 Å². The number of nitrogens with zero attached hydrogens (tertiary/aromatic N) is 2. The molecule has 1 N–H and O–H groups in total. The highest BCUT2D eigenvalue weighted by atomic mass is 28.4. The predicted octanol–water partition coefficient (Wildman–Crippen LogP) is 3.47. The summed E-state index contributed by atoms with van der Waals surface area (Å²) in [7, 11) is 1.67. The van der Waals surface area contributed by atoms with Crippen LogP contribution in [-0.2, 0) is 18.8 Å². The van der Waals surface area contributed by atoms with Crippen molar-refractivity contribution in [2.24, 2.45) is 5.41 Å². The smallest absolute Gasteiger partial charge is 0.408 e. The first kappa shape index (κ1) is 31.8. The third-order valence-corrected chi connectivity index (χ3v) is 15.2. The Labute approximate surface area is 205 Å². The van der Waals surface area contributed by atoms with Crippen molar-refractivity contribution in [1.29, 1.82) is 0 Å². The van der Waals surface area contributed by atoms with Crippen LogP contribution in [0.15, 0.2) is 12.2 Å². The molecule has 10 heteroatoms. The van der Waals surface area contributed by atoms with Gasteiger partial charge in [-0.3, -0.25) is 14.5 Å². The molecule has 194 valence electrons. The summed E-state index contributed by atoms with van der Waals surface area (Å²) in [6, 6.07) is -0.672. The lowest BCUT2D eigenvalue weighted by atomic mass is 9.79. The van der Waals surface area contributed by atoms with Crippen molar-refractivity contribution in [2.45, 2.75) is 84.3 Å². The molecule has 0 radical (unpaired) electrons. The van der Waals surface area contributed by atoms with Gasteiger partial charge in [0.25, 0.3) is 5.91 Å². The fourth-order valence-corrected chi connectivity index (χ4v) is 3.85. The molecule has 0 rings (SSSR count). The first-order valence-electron chi connectivity index (χ1n) is 11.4. The summed E-state index contributed by atoms with van der Waals surface area (Å²) in [6.07, 6.45) is -0.749. The maximum absolute atomic E-state index is 12.4. The highest BCUT2D eigenvalue weighted by Gasteiger charge is 2.39. The Morgan fingerprint density at radius 3 is 2.03 bits per heavy atom. The van der Waals surface area contributed by atoms with E-state index in [4.69, 9.17) is 14.0 Å². The van der Waals surface area contributed by atoms with Crippen molar-refractivity contribution >= 4 is 30.6 Å². The molecule has 8 nitrogen and oxygen atoms in total. The first-order valence-corrected chi connectivity index (χ1v) is 15.3. The van der Waals surface area contributed by atoms with E-state index in [9.17, 15) is 14.7 Å². The van der Waals surface area contributed by atoms with Crippen LogP contribution in [0, 0.1) is 5.41 Å². The van der Waals surface area contributed by atoms with Gasteiger partial charge in [0.1, 0.15) is 6.54 Å². The molecule has 0 aliphatic carbocycles. The van der Waals surface area contributed by atoms with E-state index in [1.54, 1.807) is 0 Å². The Hall–Kier alpha value is -1.21. The van der Waals surface area contributed by atoms with Gasteiger partial charge in [0, 0.05) is 17.3 Å². The Morgan fingerprint density at radius 1 is 1.12 bits per heavy atom. The van der Waals surface area contributed by atoms with Gasteiger partial charge in [-0.2, -0.15) is 0 Å². The van der Waals surface area contributed by atoms with Crippen LogP contribution in [0.5, 0.6) is 0 Å². The number of ether oxygens (including phenoxy) is 1. The predicted molar refractivity (Wildman–Crippen MR) is 139 cm³/mol. The van der Waals surface area contributed by atoms with Crippen molar-refractivity contribution in [2.75, 3.05) is 33.9 Å². The van der Waals surface area contributed by atoms with Crippen LogP contribution in [0.3, 0.4) is 0 Å². The van der Waals surface area contributed by atoms with Crippen LogP contribution < -0.4 is 0 Å². The third-order valence-electron chi connectivity index (χ3n) is 7.12. The zero-order chi connectivity index (χ0) is 26.4. The largest absolute Gasteiger partial charge is 0.465 e. The van der Waals surface area contributed by atoms with E-state index in [0.29, 0.717) is 18.6 Å². The number of carboxylic acid groups (broad SMARTS) is 1. The zero-order valence-corrected chi connectivity index (χ0v) is 26.0. The molecule has 0 aromatic carbocycles. The van der Waals surface area contributed by atoms with Gasteiger partial charge >= 0.3 is 6.09 Å². The maximum Gasteiger partial charge on any atom is 0.408 e. The normalized spacial score (nSPS) is 14.2. The van der Waals surface area contributed by atoms with Gasteiger partial charge < -0.3 is 14.3 Å². The van der Waals surface area contributed by atoms with E-state index in [2.05, 4.69) is 54.3 Å². The van der Waals surface area contributed by atoms with E-state index in [-0.39, 0.29) is 28.8 Å². The molecule has 0 spiro atoms. The molecule has 2 amide bonds. The van der Waals surface area contributed by atoms with Gasteiger partial charge in [-0.25, -0.2) is 9.86 Å². The molecular formula is C23H48N2O6Si2. The third kappa shape index (κ3) is 9.52. The molecular weight excluding hydrogens is 456 g/mol. The molecule has 0 aliphatic heterocycles. The molecule has 0 saturated carbocycles. The monoisotopic (exact) mass is 504 g/mol. The summed E-state index contributed by atoms with van der Waals surface area (Å²) in [5, 5.41) is 11.0. The van der Waals surface area contributed by atoms with Gasteiger partial charge in [0.05, 0.1) is 32.0 Å². The second-order valence-corrected chi connectivity index (χ2v) is 19.9. The summed E-state index contributed by atoms with van der Waals surface area (Å²) >= 11 is 0. The van der Waals surface area contributed by atoms with Crippen LogP contribution in [0.1, 0.15) is 54.9 Å². The van der Waals surface area contributed by atoms with Crippen LogP contribution >= 0.6 is 0 Å².